The highest BCUT2D eigenvalue weighted by molar-refractivity contribution is 5.94. The molecular weight excluding hydrogens is 364 g/mol. The van der Waals surface area contributed by atoms with Gasteiger partial charge < -0.3 is 4.74 Å². The average Bonchev–Trinajstić information content (AvgIpc) is 2.97. The predicted octanol–water partition coefficient (Wildman–Crippen LogP) is 4.60. The first-order valence-electron chi connectivity index (χ1n) is 10.3. The molecule has 1 aromatic heterocycles. The van der Waals surface area contributed by atoms with Gasteiger partial charge in [-0.3, -0.25) is 9.36 Å². The number of carbonyl (C=O) groups is 1. The largest absolute Gasteiger partial charge is 0.457 e. The minimum absolute atomic E-state index is 0.0166. The van der Waals surface area contributed by atoms with E-state index in [2.05, 4.69) is 31.0 Å². The molecule has 0 unspecified atom stereocenters. The molecule has 0 saturated heterocycles. The molecule has 2 aromatic carbocycles. The number of nitrogens with zero attached hydrogens (tertiary/aromatic N) is 2. The maximum atomic E-state index is 12.8. The van der Waals surface area contributed by atoms with E-state index in [1.807, 2.05) is 12.1 Å². The summed E-state index contributed by atoms with van der Waals surface area (Å²) >= 11 is 0. The first kappa shape index (κ1) is 19.4. The van der Waals surface area contributed by atoms with E-state index in [0.29, 0.717) is 22.4 Å². The minimum Gasteiger partial charge on any atom is -0.457 e. The Labute approximate surface area is 170 Å². The number of aryl methyl sites for hydroxylation is 1. The van der Waals surface area contributed by atoms with Gasteiger partial charge in [-0.25, -0.2) is 9.78 Å². The van der Waals surface area contributed by atoms with E-state index in [4.69, 9.17) is 4.74 Å². The third kappa shape index (κ3) is 4.09. The molecule has 0 aliphatic carbocycles. The van der Waals surface area contributed by atoms with Crippen molar-refractivity contribution in [3.05, 3.63) is 75.3 Å². The van der Waals surface area contributed by atoms with Gasteiger partial charge in [0, 0.05) is 13.0 Å². The molecule has 0 fully saturated rings. The molecule has 0 N–H and O–H groups in total. The van der Waals surface area contributed by atoms with Crippen molar-refractivity contribution in [3.63, 3.8) is 0 Å². The monoisotopic (exact) mass is 390 g/mol. The number of benzene rings is 2. The molecule has 0 saturated carbocycles. The Morgan fingerprint density at radius 1 is 1.10 bits per heavy atom. The molecule has 0 spiro atoms. The first-order chi connectivity index (χ1) is 14.0. The summed E-state index contributed by atoms with van der Waals surface area (Å²) in [5.74, 6) is 0.878. The topological polar surface area (TPSA) is 61.2 Å². The van der Waals surface area contributed by atoms with Crippen molar-refractivity contribution >= 4 is 16.9 Å². The van der Waals surface area contributed by atoms with Crippen molar-refractivity contribution in [3.8, 4) is 0 Å². The lowest BCUT2D eigenvalue weighted by atomic mass is 10.0. The van der Waals surface area contributed by atoms with Crippen molar-refractivity contribution < 1.29 is 9.53 Å². The number of ether oxygens (including phenoxy) is 1. The molecule has 3 aromatic rings. The quantitative estimate of drug-likeness (QED) is 0.611. The van der Waals surface area contributed by atoms with E-state index in [-0.39, 0.29) is 12.2 Å². The number of rotatable bonds is 4. The normalized spacial score (nSPS) is 13.9. The fraction of sp³-hybridized carbons (Fsp3) is 0.375. The van der Waals surface area contributed by atoms with Gasteiger partial charge in [-0.05, 0) is 48.1 Å². The molecule has 4 rings (SSSR count). The second-order valence-electron chi connectivity index (χ2n) is 8.00. The fourth-order valence-corrected chi connectivity index (χ4v) is 3.78. The molecule has 1 aliphatic heterocycles. The molecule has 1 aliphatic rings. The third-order valence-electron chi connectivity index (χ3n) is 5.57. The van der Waals surface area contributed by atoms with Gasteiger partial charge in [0.25, 0.3) is 5.56 Å². The Bertz CT molecular complexity index is 1100. The number of aromatic nitrogens is 2. The molecule has 5 heteroatoms. The van der Waals surface area contributed by atoms with Crippen LogP contribution < -0.4 is 5.56 Å². The van der Waals surface area contributed by atoms with Crippen molar-refractivity contribution in [2.45, 2.75) is 58.6 Å². The van der Waals surface area contributed by atoms with Gasteiger partial charge in [0.15, 0.2) is 0 Å². The molecule has 5 nitrogen and oxygen atoms in total. The Balaban J connectivity index is 1.54. The lowest BCUT2D eigenvalue weighted by Crippen LogP contribution is -2.24. The summed E-state index contributed by atoms with van der Waals surface area (Å²) < 4.78 is 7.26. The summed E-state index contributed by atoms with van der Waals surface area (Å²) in [6, 6.07) is 13.1. The van der Waals surface area contributed by atoms with Gasteiger partial charge >= 0.3 is 5.97 Å². The van der Waals surface area contributed by atoms with Gasteiger partial charge in [0.1, 0.15) is 12.4 Å². The number of hydrogen-bond donors (Lipinski definition) is 0. The highest BCUT2D eigenvalue weighted by Crippen LogP contribution is 2.18. The fourth-order valence-electron chi connectivity index (χ4n) is 3.78. The molecule has 29 heavy (non-hydrogen) atoms. The zero-order valence-corrected chi connectivity index (χ0v) is 17.0. The Hall–Kier alpha value is -2.95. The summed E-state index contributed by atoms with van der Waals surface area (Å²) in [7, 11) is 0. The number of esters is 1. The molecular formula is C24H26N2O3. The predicted molar refractivity (Wildman–Crippen MR) is 113 cm³/mol. The van der Waals surface area contributed by atoms with Gasteiger partial charge in [-0.1, -0.05) is 44.5 Å². The third-order valence-corrected chi connectivity index (χ3v) is 5.57. The molecule has 150 valence electrons. The zero-order chi connectivity index (χ0) is 20.4. The SMILES string of the molecule is CC(C)c1ccc(COC(=O)c2ccc3c(=O)n4c(nc3c2)CCCCC4)cc1. The summed E-state index contributed by atoms with van der Waals surface area (Å²) in [6.07, 6.45) is 3.94. The van der Waals surface area contributed by atoms with Crippen molar-refractivity contribution in [1.29, 1.82) is 0 Å². The number of fused-ring (bicyclic) bond motifs is 2. The lowest BCUT2D eigenvalue weighted by Gasteiger charge is -2.11. The van der Waals surface area contributed by atoms with Crippen LogP contribution in [0, 0.1) is 0 Å². The second kappa shape index (κ2) is 8.19. The number of carbonyl (C=O) groups excluding carboxylic acids is 1. The van der Waals surface area contributed by atoms with Crippen molar-refractivity contribution in [2.24, 2.45) is 0 Å². The average molecular weight is 390 g/mol. The summed E-state index contributed by atoms with van der Waals surface area (Å²) in [5, 5.41) is 0.552. The van der Waals surface area contributed by atoms with Gasteiger partial charge in [-0.2, -0.15) is 0 Å². The maximum Gasteiger partial charge on any atom is 0.338 e. The van der Waals surface area contributed by atoms with Crippen LogP contribution in [0.4, 0.5) is 0 Å². The van der Waals surface area contributed by atoms with Gasteiger partial charge in [0.2, 0.25) is 0 Å². The van der Waals surface area contributed by atoms with Crippen LogP contribution in [-0.2, 0) is 24.3 Å². The summed E-state index contributed by atoms with van der Waals surface area (Å²) in [6.45, 7) is 5.23. The van der Waals surface area contributed by atoms with Crippen LogP contribution in [0.25, 0.3) is 10.9 Å². The molecule has 0 bridgehead atoms. The maximum absolute atomic E-state index is 12.8. The highest BCUT2D eigenvalue weighted by Gasteiger charge is 2.16. The van der Waals surface area contributed by atoms with Crippen LogP contribution in [0.1, 0.15) is 66.3 Å². The molecule has 0 radical (unpaired) electrons. The van der Waals surface area contributed by atoms with Crippen molar-refractivity contribution in [1.82, 2.24) is 9.55 Å². The van der Waals surface area contributed by atoms with Crippen LogP contribution in [-0.4, -0.2) is 15.5 Å². The van der Waals surface area contributed by atoms with Gasteiger partial charge in [-0.15, -0.1) is 0 Å². The van der Waals surface area contributed by atoms with Gasteiger partial charge in [0.05, 0.1) is 16.5 Å². The Morgan fingerprint density at radius 2 is 1.90 bits per heavy atom. The van der Waals surface area contributed by atoms with Crippen LogP contribution >= 0.6 is 0 Å². The van der Waals surface area contributed by atoms with E-state index in [1.54, 1.807) is 22.8 Å². The lowest BCUT2D eigenvalue weighted by molar-refractivity contribution is 0.0473. The van der Waals surface area contributed by atoms with Crippen LogP contribution in [0.15, 0.2) is 47.3 Å². The van der Waals surface area contributed by atoms with Crippen molar-refractivity contribution in [2.75, 3.05) is 0 Å². The van der Waals surface area contributed by atoms with E-state index >= 15 is 0 Å². The van der Waals surface area contributed by atoms with Crippen LogP contribution in [0.3, 0.4) is 0 Å². The zero-order valence-electron chi connectivity index (χ0n) is 17.0. The molecule has 2 heterocycles. The number of hydrogen-bond acceptors (Lipinski definition) is 4. The standard InChI is InChI=1S/C24H26N2O3/c1-16(2)18-9-7-17(8-10-18)15-29-24(28)19-11-12-20-21(14-19)25-22-6-4-3-5-13-26(22)23(20)27/h7-12,14,16H,3-6,13,15H2,1-2H3. The molecule has 0 amide bonds. The van der Waals surface area contributed by atoms with E-state index < -0.39 is 5.97 Å². The van der Waals surface area contributed by atoms with E-state index in [9.17, 15) is 9.59 Å². The Kier molecular flexibility index (Phi) is 5.47. The Morgan fingerprint density at radius 3 is 2.66 bits per heavy atom. The highest BCUT2D eigenvalue weighted by atomic mass is 16.5. The van der Waals surface area contributed by atoms with Crippen LogP contribution in [0.5, 0.6) is 0 Å². The first-order valence-corrected chi connectivity index (χ1v) is 10.3. The van der Waals surface area contributed by atoms with Crippen LogP contribution in [0.2, 0.25) is 0 Å². The summed E-state index contributed by atoms with van der Waals surface area (Å²) in [4.78, 5) is 30.0. The smallest absolute Gasteiger partial charge is 0.338 e. The van der Waals surface area contributed by atoms with E-state index in [0.717, 1.165) is 43.6 Å². The minimum atomic E-state index is -0.406. The molecule has 0 atom stereocenters. The summed E-state index contributed by atoms with van der Waals surface area (Å²) in [5.41, 5.74) is 3.18. The second-order valence-corrected chi connectivity index (χ2v) is 8.00. The van der Waals surface area contributed by atoms with E-state index in [1.165, 1.54) is 5.56 Å².